The summed E-state index contributed by atoms with van der Waals surface area (Å²) in [6.07, 6.45) is 1.02. The number of carbonyl (C=O) groups is 2. The summed E-state index contributed by atoms with van der Waals surface area (Å²) in [6, 6.07) is 23.6. The van der Waals surface area contributed by atoms with Crippen LogP contribution >= 0.6 is 0 Å². The lowest BCUT2D eigenvalue weighted by Crippen LogP contribution is -2.22. The average Bonchev–Trinajstić information content (AvgIpc) is 2.78. The van der Waals surface area contributed by atoms with Crippen LogP contribution in [0.25, 0.3) is 0 Å². The molecule has 0 fully saturated rings. The molecule has 1 unspecified atom stereocenters. The van der Waals surface area contributed by atoms with Crippen LogP contribution in [0.3, 0.4) is 0 Å². The maximum Gasteiger partial charge on any atom is 0.255 e. The molecule has 0 saturated heterocycles. The predicted molar refractivity (Wildman–Crippen MR) is 125 cm³/mol. The molecule has 0 heterocycles. The predicted octanol–water partition coefficient (Wildman–Crippen LogP) is 5.17. The summed E-state index contributed by atoms with van der Waals surface area (Å²) in [5, 5.41) is 8.80. The van der Waals surface area contributed by atoms with Gasteiger partial charge in [-0.05, 0) is 55.8 Å². The Morgan fingerprint density at radius 3 is 2.26 bits per heavy atom. The Labute approximate surface area is 182 Å². The van der Waals surface area contributed by atoms with Crippen LogP contribution in [0.4, 0.5) is 17.1 Å². The zero-order valence-electron chi connectivity index (χ0n) is 17.7. The Hall–Kier alpha value is -3.80. The Kier molecular flexibility index (Phi) is 7.65. The van der Waals surface area contributed by atoms with Gasteiger partial charge in [0.05, 0.1) is 12.6 Å². The Morgan fingerprint density at radius 1 is 0.839 bits per heavy atom. The van der Waals surface area contributed by atoms with Gasteiger partial charge in [-0.25, -0.2) is 0 Å². The summed E-state index contributed by atoms with van der Waals surface area (Å²) in [5.74, 6) is 0.358. The molecule has 160 valence electrons. The van der Waals surface area contributed by atoms with Crippen molar-refractivity contribution in [1.82, 2.24) is 0 Å². The fourth-order valence-corrected chi connectivity index (χ4v) is 2.85. The fraction of sp³-hybridized carbons (Fsp3) is 0.200. The molecule has 0 bridgehead atoms. The smallest absolute Gasteiger partial charge is 0.255 e. The molecule has 0 aromatic heterocycles. The Balaban J connectivity index is 1.53. The van der Waals surface area contributed by atoms with Crippen LogP contribution in [0.15, 0.2) is 78.9 Å². The van der Waals surface area contributed by atoms with Crippen molar-refractivity contribution in [3.63, 3.8) is 0 Å². The minimum Gasteiger partial charge on any atom is -0.491 e. The number of carbonyl (C=O) groups excluding carboxylic acids is 2. The number of hydrogen-bond donors (Lipinski definition) is 3. The largest absolute Gasteiger partial charge is 0.491 e. The highest BCUT2D eigenvalue weighted by molar-refractivity contribution is 6.04. The van der Waals surface area contributed by atoms with Crippen molar-refractivity contribution in [2.45, 2.75) is 26.4 Å². The molecule has 2 amide bonds. The first kappa shape index (κ1) is 21.9. The van der Waals surface area contributed by atoms with Crippen LogP contribution in [0.2, 0.25) is 0 Å². The molecule has 6 heteroatoms. The third-order valence-electron chi connectivity index (χ3n) is 4.64. The number of rotatable bonds is 9. The number of nitrogens with one attached hydrogen (secondary N) is 3. The molecule has 0 aliphatic carbocycles. The van der Waals surface area contributed by atoms with Crippen molar-refractivity contribution in [3.05, 3.63) is 84.4 Å². The Bertz CT molecular complexity index is 1020. The molecule has 3 aromatic carbocycles. The van der Waals surface area contributed by atoms with Crippen molar-refractivity contribution in [2.24, 2.45) is 0 Å². The first-order chi connectivity index (χ1) is 15.0. The molecule has 0 radical (unpaired) electrons. The standard InChI is InChI=1S/C25H27N3O3/c1-3-18(2)31-23-14-8-13-22(16-23)27-24(29)17-26-20-11-7-12-21(15-20)28-25(30)19-9-5-4-6-10-19/h4-16,18,26H,3,17H2,1-2H3,(H,27,29)(H,28,30). The van der Waals surface area contributed by atoms with Crippen LogP contribution in [0.1, 0.15) is 30.6 Å². The monoisotopic (exact) mass is 417 g/mol. The summed E-state index contributed by atoms with van der Waals surface area (Å²) in [6.45, 7) is 4.15. The van der Waals surface area contributed by atoms with E-state index in [0.717, 1.165) is 17.9 Å². The first-order valence-corrected chi connectivity index (χ1v) is 10.3. The van der Waals surface area contributed by atoms with Gasteiger partial charge in [-0.15, -0.1) is 0 Å². The van der Waals surface area contributed by atoms with E-state index in [9.17, 15) is 9.59 Å². The van der Waals surface area contributed by atoms with Crippen LogP contribution in [0.5, 0.6) is 5.75 Å². The number of hydrogen-bond acceptors (Lipinski definition) is 4. The van der Waals surface area contributed by atoms with Gasteiger partial charge in [-0.3, -0.25) is 9.59 Å². The molecule has 0 saturated carbocycles. The van der Waals surface area contributed by atoms with Gasteiger partial charge in [0, 0.05) is 28.7 Å². The van der Waals surface area contributed by atoms with Gasteiger partial charge in [-0.1, -0.05) is 37.3 Å². The van der Waals surface area contributed by atoms with E-state index >= 15 is 0 Å². The van der Waals surface area contributed by atoms with Crippen molar-refractivity contribution >= 4 is 28.9 Å². The van der Waals surface area contributed by atoms with Gasteiger partial charge in [0.2, 0.25) is 5.91 Å². The second-order valence-electron chi connectivity index (χ2n) is 7.17. The first-order valence-electron chi connectivity index (χ1n) is 10.3. The quantitative estimate of drug-likeness (QED) is 0.449. The number of anilines is 3. The van der Waals surface area contributed by atoms with E-state index in [1.54, 1.807) is 24.3 Å². The fourth-order valence-electron chi connectivity index (χ4n) is 2.85. The zero-order valence-corrected chi connectivity index (χ0v) is 17.7. The number of amides is 2. The summed E-state index contributed by atoms with van der Waals surface area (Å²) < 4.78 is 5.79. The maximum absolute atomic E-state index is 12.3. The highest BCUT2D eigenvalue weighted by Crippen LogP contribution is 2.20. The molecule has 3 rings (SSSR count). The van der Waals surface area contributed by atoms with Crippen molar-refractivity contribution in [3.8, 4) is 5.75 Å². The topological polar surface area (TPSA) is 79.5 Å². The molecular formula is C25H27N3O3. The van der Waals surface area contributed by atoms with E-state index in [-0.39, 0.29) is 24.5 Å². The number of ether oxygens (including phenoxy) is 1. The van der Waals surface area contributed by atoms with E-state index in [4.69, 9.17) is 4.74 Å². The second kappa shape index (κ2) is 10.8. The van der Waals surface area contributed by atoms with E-state index in [0.29, 0.717) is 16.9 Å². The minimum atomic E-state index is -0.185. The van der Waals surface area contributed by atoms with Gasteiger partial charge in [0.25, 0.3) is 5.91 Å². The molecule has 0 aliphatic heterocycles. The highest BCUT2D eigenvalue weighted by atomic mass is 16.5. The molecule has 3 aromatic rings. The van der Waals surface area contributed by atoms with Gasteiger partial charge in [0.1, 0.15) is 5.75 Å². The lowest BCUT2D eigenvalue weighted by molar-refractivity contribution is -0.114. The number of benzene rings is 3. The summed E-state index contributed by atoms with van der Waals surface area (Å²) >= 11 is 0. The van der Waals surface area contributed by atoms with E-state index in [2.05, 4.69) is 22.9 Å². The molecule has 1 atom stereocenters. The van der Waals surface area contributed by atoms with Crippen LogP contribution in [-0.4, -0.2) is 24.5 Å². The minimum absolute atomic E-state index is 0.0898. The molecule has 3 N–H and O–H groups in total. The lowest BCUT2D eigenvalue weighted by atomic mass is 10.2. The third kappa shape index (κ3) is 6.89. The molecular weight excluding hydrogens is 390 g/mol. The van der Waals surface area contributed by atoms with Crippen molar-refractivity contribution < 1.29 is 14.3 Å². The van der Waals surface area contributed by atoms with Gasteiger partial charge in [-0.2, -0.15) is 0 Å². The highest BCUT2D eigenvalue weighted by Gasteiger charge is 2.08. The average molecular weight is 418 g/mol. The third-order valence-corrected chi connectivity index (χ3v) is 4.64. The van der Waals surface area contributed by atoms with E-state index in [1.165, 1.54) is 0 Å². The van der Waals surface area contributed by atoms with Crippen LogP contribution < -0.4 is 20.7 Å². The SMILES string of the molecule is CCC(C)Oc1cccc(NC(=O)CNc2cccc(NC(=O)c3ccccc3)c2)c1. The molecule has 6 nitrogen and oxygen atoms in total. The summed E-state index contributed by atoms with van der Waals surface area (Å²) in [5.41, 5.74) is 2.64. The summed E-state index contributed by atoms with van der Waals surface area (Å²) in [7, 11) is 0. The summed E-state index contributed by atoms with van der Waals surface area (Å²) in [4.78, 5) is 24.6. The molecule has 31 heavy (non-hydrogen) atoms. The lowest BCUT2D eigenvalue weighted by Gasteiger charge is -2.14. The zero-order chi connectivity index (χ0) is 22.1. The maximum atomic E-state index is 12.3. The van der Waals surface area contributed by atoms with Crippen LogP contribution in [-0.2, 0) is 4.79 Å². The van der Waals surface area contributed by atoms with Crippen molar-refractivity contribution in [1.29, 1.82) is 0 Å². The Morgan fingerprint density at radius 2 is 1.52 bits per heavy atom. The van der Waals surface area contributed by atoms with Gasteiger partial charge < -0.3 is 20.7 Å². The molecule has 0 aliphatic rings. The van der Waals surface area contributed by atoms with E-state index in [1.807, 2.05) is 61.5 Å². The van der Waals surface area contributed by atoms with Gasteiger partial charge >= 0.3 is 0 Å². The van der Waals surface area contributed by atoms with Gasteiger partial charge in [0.15, 0.2) is 0 Å². The normalized spacial score (nSPS) is 11.3. The van der Waals surface area contributed by atoms with Crippen LogP contribution in [0, 0.1) is 0 Å². The molecule has 0 spiro atoms. The van der Waals surface area contributed by atoms with Crippen molar-refractivity contribution in [2.75, 3.05) is 22.5 Å². The second-order valence-corrected chi connectivity index (χ2v) is 7.17. The van der Waals surface area contributed by atoms with E-state index < -0.39 is 0 Å².